The summed E-state index contributed by atoms with van der Waals surface area (Å²) in [4.78, 5) is 14.6. The summed E-state index contributed by atoms with van der Waals surface area (Å²) < 4.78 is 29.0. The predicted molar refractivity (Wildman–Crippen MR) is 117 cm³/mol. The summed E-state index contributed by atoms with van der Waals surface area (Å²) in [6.45, 7) is 1.06. The molecule has 0 aliphatic rings. The van der Waals surface area contributed by atoms with Crippen molar-refractivity contribution >= 4 is 32.4 Å². The maximum Gasteiger partial charge on any atom is 0.241 e. The van der Waals surface area contributed by atoms with E-state index in [9.17, 15) is 13.2 Å². The molecule has 0 saturated carbocycles. The zero-order valence-corrected chi connectivity index (χ0v) is 17.8. The summed E-state index contributed by atoms with van der Waals surface area (Å²) in [5.74, 6) is -0.384. The third-order valence-corrected chi connectivity index (χ3v) is 6.16. The van der Waals surface area contributed by atoms with Crippen LogP contribution in [0.4, 0.5) is 5.69 Å². The van der Waals surface area contributed by atoms with Crippen LogP contribution in [0, 0.1) is 0 Å². The lowest BCUT2D eigenvalue weighted by molar-refractivity contribution is -0.122. The second-order valence-electron chi connectivity index (χ2n) is 7.06. The molecule has 2 aromatic carbocycles. The van der Waals surface area contributed by atoms with Crippen LogP contribution in [-0.2, 0) is 14.8 Å². The minimum Gasteiger partial charge on any atom is -0.377 e. The number of nitrogens with two attached hydrogens (primary N) is 2. The Kier molecular flexibility index (Phi) is 8.39. The Hall–Kier alpha value is -2.20. The summed E-state index contributed by atoms with van der Waals surface area (Å²) in [5.41, 5.74) is 11.9. The number of benzene rings is 2. The van der Waals surface area contributed by atoms with Gasteiger partial charge in [0.25, 0.3) is 0 Å². The second kappa shape index (κ2) is 10.5. The Balaban J connectivity index is 2.39. The van der Waals surface area contributed by atoms with Gasteiger partial charge >= 0.3 is 0 Å². The summed E-state index contributed by atoms with van der Waals surface area (Å²) in [7, 11) is -0.115. The van der Waals surface area contributed by atoms with Crippen molar-refractivity contribution < 1.29 is 13.2 Å². The van der Waals surface area contributed by atoms with Gasteiger partial charge in [-0.05, 0) is 31.5 Å². The molecule has 0 aliphatic heterocycles. The molecule has 160 valence electrons. The number of nitrogens with zero attached hydrogens (tertiary/aromatic N) is 1. The van der Waals surface area contributed by atoms with Gasteiger partial charge in [-0.1, -0.05) is 30.7 Å². The van der Waals surface area contributed by atoms with Gasteiger partial charge in [-0.2, -0.15) is 4.72 Å². The van der Waals surface area contributed by atoms with Crippen LogP contribution < -0.4 is 26.4 Å². The monoisotopic (exact) mass is 421 g/mol. The molecule has 0 aromatic heterocycles. The number of hydrogen-bond donors (Lipinski definition) is 4. The zero-order chi connectivity index (χ0) is 21.4. The van der Waals surface area contributed by atoms with Gasteiger partial charge in [-0.15, -0.1) is 0 Å². The topological polar surface area (TPSA) is 131 Å². The molecule has 0 spiro atoms. The van der Waals surface area contributed by atoms with Crippen molar-refractivity contribution in [2.24, 2.45) is 11.5 Å². The van der Waals surface area contributed by atoms with Gasteiger partial charge in [0.1, 0.15) is 6.04 Å². The molecule has 2 rings (SSSR count). The molecule has 0 heterocycles. The Morgan fingerprint density at radius 3 is 2.38 bits per heavy atom. The van der Waals surface area contributed by atoms with E-state index in [0.29, 0.717) is 31.2 Å². The first-order chi connectivity index (χ1) is 13.8. The number of fused-ring (bicyclic) bond motifs is 1. The molecule has 2 aromatic rings. The van der Waals surface area contributed by atoms with Crippen LogP contribution in [0.2, 0.25) is 0 Å². The van der Waals surface area contributed by atoms with Gasteiger partial charge in [-0.3, -0.25) is 4.79 Å². The van der Waals surface area contributed by atoms with Crippen LogP contribution in [-0.4, -0.2) is 54.1 Å². The first kappa shape index (κ1) is 23.1. The zero-order valence-electron chi connectivity index (χ0n) is 17.0. The van der Waals surface area contributed by atoms with Crippen LogP contribution in [0.25, 0.3) is 10.8 Å². The molecule has 0 bridgehead atoms. The average Bonchev–Trinajstić information content (AvgIpc) is 2.70. The smallest absolute Gasteiger partial charge is 0.241 e. The number of carbonyl (C=O) groups is 1. The lowest BCUT2D eigenvalue weighted by atomic mass is 10.1. The van der Waals surface area contributed by atoms with E-state index in [4.69, 9.17) is 11.5 Å². The molecule has 9 heteroatoms. The van der Waals surface area contributed by atoms with E-state index in [-0.39, 0.29) is 23.9 Å². The summed E-state index contributed by atoms with van der Waals surface area (Å²) in [6.07, 6.45) is 1.71. The molecule has 0 saturated heterocycles. The highest BCUT2D eigenvalue weighted by Crippen LogP contribution is 2.30. The van der Waals surface area contributed by atoms with Crippen molar-refractivity contribution in [1.82, 2.24) is 10.0 Å². The number of rotatable bonds is 11. The van der Waals surface area contributed by atoms with Gasteiger partial charge in [0.2, 0.25) is 15.9 Å². The van der Waals surface area contributed by atoms with E-state index in [0.717, 1.165) is 11.1 Å². The van der Waals surface area contributed by atoms with Crippen LogP contribution in [0.15, 0.2) is 41.3 Å². The average molecular weight is 422 g/mol. The third-order valence-electron chi connectivity index (χ3n) is 4.63. The molecule has 6 N–H and O–H groups in total. The van der Waals surface area contributed by atoms with Crippen molar-refractivity contribution in [2.45, 2.75) is 30.2 Å². The highest BCUT2D eigenvalue weighted by atomic mass is 32.2. The quantitative estimate of drug-likeness (QED) is 0.396. The number of nitrogens with one attached hydrogen (secondary N) is 2. The maximum absolute atomic E-state index is 13.2. The van der Waals surface area contributed by atoms with Gasteiger partial charge in [0.05, 0.1) is 4.90 Å². The number of anilines is 1. The first-order valence-corrected chi connectivity index (χ1v) is 11.2. The van der Waals surface area contributed by atoms with Gasteiger partial charge in [0, 0.05) is 43.6 Å². The van der Waals surface area contributed by atoms with Gasteiger partial charge in [0.15, 0.2) is 0 Å². The fraction of sp³-hybridized carbons (Fsp3) is 0.450. The van der Waals surface area contributed by atoms with E-state index < -0.39 is 16.1 Å². The first-order valence-electron chi connectivity index (χ1n) is 9.71. The molecule has 0 aliphatic carbocycles. The summed E-state index contributed by atoms with van der Waals surface area (Å²) in [5, 5.41) is 4.10. The number of unbranched alkanes of at least 4 members (excludes halogenated alkanes) is 1. The molecule has 0 radical (unpaired) electrons. The molecular weight excluding hydrogens is 390 g/mol. The lowest BCUT2D eigenvalue weighted by Crippen LogP contribution is -2.47. The molecule has 8 nitrogen and oxygen atoms in total. The second-order valence-corrected chi connectivity index (χ2v) is 8.74. The minimum atomic E-state index is -3.93. The van der Waals surface area contributed by atoms with Crippen LogP contribution in [0.5, 0.6) is 0 Å². The van der Waals surface area contributed by atoms with Crippen molar-refractivity contribution in [3.8, 4) is 0 Å². The summed E-state index contributed by atoms with van der Waals surface area (Å²) in [6, 6.07) is 9.79. The third kappa shape index (κ3) is 5.89. The molecule has 0 unspecified atom stereocenters. The maximum atomic E-state index is 13.2. The Morgan fingerprint density at radius 2 is 1.72 bits per heavy atom. The molecule has 29 heavy (non-hydrogen) atoms. The van der Waals surface area contributed by atoms with Gasteiger partial charge in [-0.25, -0.2) is 8.42 Å². The van der Waals surface area contributed by atoms with E-state index in [1.807, 2.05) is 37.2 Å². The van der Waals surface area contributed by atoms with Crippen LogP contribution in [0.1, 0.15) is 19.3 Å². The number of sulfonamides is 1. The van der Waals surface area contributed by atoms with Crippen molar-refractivity contribution in [3.05, 3.63) is 36.4 Å². The number of carbonyl (C=O) groups excluding carboxylic acids is 1. The van der Waals surface area contributed by atoms with E-state index >= 15 is 0 Å². The highest BCUT2D eigenvalue weighted by Gasteiger charge is 2.26. The lowest BCUT2D eigenvalue weighted by Gasteiger charge is -2.20. The van der Waals surface area contributed by atoms with E-state index in [1.165, 1.54) is 0 Å². The predicted octanol–water partition coefficient (Wildman–Crippen LogP) is 0.757. The number of amides is 1. The van der Waals surface area contributed by atoms with Gasteiger partial charge < -0.3 is 21.7 Å². The Morgan fingerprint density at radius 1 is 1.03 bits per heavy atom. The molecule has 1 amide bonds. The van der Waals surface area contributed by atoms with E-state index in [2.05, 4.69) is 10.0 Å². The molecule has 1 atom stereocenters. The standard InChI is InChI=1S/C20H31N5O3S/c1-25(2)18-10-5-8-16-15(18)7-6-11-19(16)29(27,28)24-17(9-3-4-12-21)20(26)23-14-13-22/h5-8,10-11,17,24H,3-4,9,12-14,21-22H2,1-2H3,(H,23,26)/t17-/m0/s1. The van der Waals surface area contributed by atoms with Crippen molar-refractivity contribution in [1.29, 1.82) is 0 Å². The fourth-order valence-corrected chi connectivity index (χ4v) is 4.65. The molecular formula is C20H31N5O3S. The SMILES string of the molecule is CN(C)c1cccc2c(S(=O)(=O)N[C@@H](CCCCN)C(=O)NCCN)cccc12. The normalized spacial score (nSPS) is 12.7. The molecule has 0 fully saturated rings. The Labute approximate surface area is 172 Å². The minimum absolute atomic E-state index is 0.147. The van der Waals surface area contributed by atoms with Crippen LogP contribution in [0.3, 0.4) is 0 Å². The summed E-state index contributed by atoms with van der Waals surface area (Å²) >= 11 is 0. The van der Waals surface area contributed by atoms with Crippen LogP contribution >= 0.6 is 0 Å². The van der Waals surface area contributed by atoms with Crippen molar-refractivity contribution in [2.75, 3.05) is 38.6 Å². The highest BCUT2D eigenvalue weighted by molar-refractivity contribution is 7.89. The van der Waals surface area contributed by atoms with E-state index in [1.54, 1.807) is 18.2 Å². The van der Waals surface area contributed by atoms with Crippen molar-refractivity contribution in [3.63, 3.8) is 0 Å². The largest absolute Gasteiger partial charge is 0.377 e. The number of hydrogen-bond acceptors (Lipinski definition) is 6. The Bertz CT molecular complexity index is 931. The fourth-order valence-electron chi connectivity index (χ4n) is 3.19.